The van der Waals surface area contributed by atoms with E-state index in [9.17, 15) is 24.8 Å². The van der Waals surface area contributed by atoms with Crippen LogP contribution in [0.5, 0.6) is 5.75 Å². The number of alkyl carbamates (subject to hydrolysis) is 1. The number of hydrogen-bond acceptors (Lipinski definition) is 6. The normalized spacial score (nSPS) is 13.8. The smallest absolute Gasteiger partial charge is 0.408 e. The lowest BCUT2D eigenvalue weighted by atomic mass is 9.99. The Kier molecular flexibility index (Phi) is 11.5. The lowest BCUT2D eigenvalue weighted by Crippen LogP contribution is -2.54. The molecule has 3 amide bonds. The molecule has 0 saturated heterocycles. The van der Waals surface area contributed by atoms with Gasteiger partial charge in [-0.05, 0) is 64.2 Å². The zero-order chi connectivity index (χ0) is 26.8. The van der Waals surface area contributed by atoms with E-state index in [2.05, 4.69) is 10.6 Å². The molecule has 0 aliphatic carbocycles. The van der Waals surface area contributed by atoms with Gasteiger partial charge in [-0.2, -0.15) is 5.26 Å². The van der Waals surface area contributed by atoms with Gasteiger partial charge >= 0.3 is 6.09 Å². The SMILES string of the molecule is CCCC(C)NC(=O)C(c1ccc(O)cc1)N(CC#N)C(=O)C(CC(C)C)NC(=O)OC(C)(C)C. The fourth-order valence-electron chi connectivity index (χ4n) is 3.67. The Hall–Kier alpha value is -3.28. The number of carbonyl (C=O) groups excluding carboxylic acids is 3. The lowest BCUT2D eigenvalue weighted by molar-refractivity contribution is -0.142. The summed E-state index contributed by atoms with van der Waals surface area (Å²) >= 11 is 0. The van der Waals surface area contributed by atoms with Crippen molar-refractivity contribution in [3.05, 3.63) is 29.8 Å². The Labute approximate surface area is 208 Å². The average Bonchev–Trinajstić information content (AvgIpc) is 2.72. The first-order valence-corrected chi connectivity index (χ1v) is 12.0. The summed E-state index contributed by atoms with van der Waals surface area (Å²) in [6.07, 6.45) is 1.14. The van der Waals surface area contributed by atoms with Crippen molar-refractivity contribution in [3.63, 3.8) is 0 Å². The molecule has 35 heavy (non-hydrogen) atoms. The van der Waals surface area contributed by atoms with E-state index in [1.807, 2.05) is 33.8 Å². The molecular formula is C26H40N4O5. The van der Waals surface area contributed by atoms with Crippen molar-refractivity contribution in [1.29, 1.82) is 5.26 Å². The fourth-order valence-corrected chi connectivity index (χ4v) is 3.67. The number of phenols is 1. The molecule has 0 aliphatic rings. The summed E-state index contributed by atoms with van der Waals surface area (Å²) < 4.78 is 5.33. The van der Waals surface area contributed by atoms with Crippen molar-refractivity contribution < 1.29 is 24.2 Å². The predicted molar refractivity (Wildman–Crippen MR) is 133 cm³/mol. The van der Waals surface area contributed by atoms with E-state index in [4.69, 9.17) is 4.74 Å². The number of nitrogens with zero attached hydrogens (tertiary/aromatic N) is 2. The van der Waals surface area contributed by atoms with Crippen LogP contribution in [0.2, 0.25) is 0 Å². The Morgan fingerprint density at radius 2 is 1.71 bits per heavy atom. The molecule has 1 aromatic carbocycles. The molecule has 0 bridgehead atoms. The van der Waals surface area contributed by atoms with Gasteiger partial charge in [-0.3, -0.25) is 9.59 Å². The van der Waals surface area contributed by atoms with E-state index < -0.39 is 35.6 Å². The molecule has 0 radical (unpaired) electrons. The highest BCUT2D eigenvalue weighted by Gasteiger charge is 2.36. The van der Waals surface area contributed by atoms with Crippen molar-refractivity contribution in [1.82, 2.24) is 15.5 Å². The van der Waals surface area contributed by atoms with Gasteiger partial charge in [-0.1, -0.05) is 39.3 Å². The lowest BCUT2D eigenvalue weighted by Gasteiger charge is -2.34. The monoisotopic (exact) mass is 488 g/mol. The van der Waals surface area contributed by atoms with Gasteiger partial charge in [-0.25, -0.2) is 4.79 Å². The number of nitrogens with one attached hydrogen (secondary N) is 2. The first-order valence-electron chi connectivity index (χ1n) is 12.0. The molecule has 0 spiro atoms. The van der Waals surface area contributed by atoms with E-state index in [0.29, 0.717) is 5.56 Å². The van der Waals surface area contributed by atoms with Gasteiger partial charge in [-0.15, -0.1) is 0 Å². The summed E-state index contributed by atoms with van der Waals surface area (Å²) in [5, 5.41) is 24.8. The van der Waals surface area contributed by atoms with Crippen LogP contribution in [0, 0.1) is 17.2 Å². The molecule has 1 aromatic rings. The number of nitriles is 1. The molecule has 0 aromatic heterocycles. The van der Waals surface area contributed by atoms with Crippen LogP contribution in [0.4, 0.5) is 4.79 Å². The number of hydrogen-bond donors (Lipinski definition) is 3. The van der Waals surface area contributed by atoms with Crippen LogP contribution in [0.3, 0.4) is 0 Å². The van der Waals surface area contributed by atoms with Crippen molar-refractivity contribution in [2.24, 2.45) is 5.92 Å². The molecule has 1 rings (SSSR count). The summed E-state index contributed by atoms with van der Waals surface area (Å²) in [6.45, 7) is 12.5. The number of ether oxygens (including phenoxy) is 1. The number of phenolic OH excluding ortho intramolecular Hbond substituents is 1. The maximum Gasteiger partial charge on any atom is 0.408 e. The molecule has 0 aliphatic heterocycles. The van der Waals surface area contributed by atoms with Crippen molar-refractivity contribution >= 4 is 17.9 Å². The van der Waals surface area contributed by atoms with Gasteiger partial charge in [0.1, 0.15) is 30.0 Å². The van der Waals surface area contributed by atoms with Crippen molar-refractivity contribution in [2.45, 2.75) is 91.5 Å². The highest BCUT2D eigenvalue weighted by molar-refractivity contribution is 5.92. The Bertz CT molecular complexity index is 886. The number of rotatable bonds is 11. The summed E-state index contributed by atoms with van der Waals surface area (Å²) in [7, 11) is 0. The molecule has 194 valence electrons. The molecule has 0 saturated carbocycles. The van der Waals surface area contributed by atoms with Crippen LogP contribution in [0.15, 0.2) is 24.3 Å². The van der Waals surface area contributed by atoms with Gasteiger partial charge in [0.2, 0.25) is 11.8 Å². The maximum atomic E-state index is 13.7. The summed E-state index contributed by atoms with van der Waals surface area (Å²) in [5.74, 6) is -0.966. The number of carbonyl (C=O) groups is 3. The van der Waals surface area contributed by atoms with Gasteiger partial charge in [0, 0.05) is 6.04 Å². The van der Waals surface area contributed by atoms with Gasteiger partial charge < -0.3 is 25.4 Å². The first-order chi connectivity index (χ1) is 16.3. The topological polar surface area (TPSA) is 132 Å². The Balaban J connectivity index is 3.42. The molecule has 3 unspecified atom stereocenters. The van der Waals surface area contributed by atoms with Gasteiger partial charge in [0.15, 0.2) is 0 Å². The molecular weight excluding hydrogens is 448 g/mol. The van der Waals surface area contributed by atoms with E-state index in [1.54, 1.807) is 32.9 Å². The highest BCUT2D eigenvalue weighted by Crippen LogP contribution is 2.25. The zero-order valence-electron chi connectivity index (χ0n) is 21.9. The van der Waals surface area contributed by atoms with Crippen LogP contribution in [0.1, 0.15) is 79.3 Å². The van der Waals surface area contributed by atoms with Crippen LogP contribution in [0.25, 0.3) is 0 Å². The molecule has 9 nitrogen and oxygen atoms in total. The van der Waals surface area contributed by atoms with E-state index in [1.165, 1.54) is 17.0 Å². The second-order valence-corrected chi connectivity index (χ2v) is 10.1. The quantitative estimate of drug-likeness (QED) is 0.403. The van der Waals surface area contributed by atoms with Crippen LogP contribution in [-0.2, 0) is 14.3 Å². The summed E-state index contributed by atoms with van der Waals surface area (Å²) in [4.78, 5) is 40.8. The van der Waals surface area contributed by atoms with Crippen LogP contribution < -0.4 is 10.6 Å². The predicted octanol–water partition coefficient (Wildman–Crippen LogP) is 4.03. The Morgan fingerprint density at radius 3 is 2.20 bits per heavy atom. The highest BCUT2D eigenvalue weighted by atomic mass is 16.6. The van der Waals surface area contributed by atoms with Crippen LogP contribution >= 0.6 is 0 Å². The summed E-state index contributed by atoms with van der Waals surface area (Å²) in [6, 6.07) is 5.63. The Morgan fingerprint density at radius 1 is 1.11 bits per heavy atom. The van der Waals surface area contributed by atoms with E-state index in [-0.39, 0.29) is 30.7 Å². The third-order valence-corrected chi connectivity index (χ3v) is 5.10. The molecule has 9 heteroatoms. The fraction of sp³-hybridized carbons (Fsp3) is 0.615. The summed E-state index contributed by atoms with van der Waals surface area (Å²) in [5.41, 5.74) is -0.320. The molecule has 3 N–H and O–H groups in total. The van der Waals surface area contributed by atoms with E-state index in [0.717, 1.165) is 12.8 Å². The average molecular weight is 489 g/mol. The number of aromatic hydroxyl groups is 1. The minimum Gasteiger partial charge on any atom is -0.508 e. The third kappa shape index (κ3) is 10.3. The van der Waals surface area contributed by atoms with E-state index >= 15 is 0 Å². The standard InChI is InChI=1S/C26H40N4O5/c1-8-9-18(4)28-23(32)22(19-10-12-20(31)13-11-19)30(15-14-27)24(33)21(16-17(2)3)29-25(34)35-26(5,6)7/h10-13,17-18,21-22,31H,8-9,15-16H2,1-7H3,(H,28,32)(H,29,34). The minimum absolute atomic E-state index is 0.00898. The van der Waals surface area contributed by atoms with Gasteiger partial charge in [0.25, 0.3) is 0 Å². The second kappa shape index (κ2) is 13.6. The largest absolute Gasteiger partial charge is 0.508 e. The molecule has 0 fully saturated rings. The number of amides is 3. The first kappa shape index (κ1) is 29.8. The number of benzene rings is 1. The third-order valence-electron chi connectivity index (χ3n) is 5.10. The zero-order valence-corrected chi connectivity index (χ0v) is 21.9. The maximum absolute atomic E-state index is 13.7. The van der Waals surface area contributed by atoms with Crippen molar-refractivity contribution in [3.8, 4) is 11.8 Å². The van der Waals surface area contributed by atoms with Crippen molar-refractivity contribution in [2.75, 3.05) is 6.54 Å². The van der Waals surface area contributed by atoms with Gasteiger partial charge in [0.05, 0.1) is 6.07 Å². The minimum atomic E-state index is -1.13. The molecule has 0 heterocycles. The molecule has 3 atom stereocenters. The van der Waals surface area contributed by atoms with Crippen LogP contribution in [-0.4, -0.2) is 52.1 Å². The second-order valence-electron chi connectivity index (χ2n) is 10.1.